The Balaban J connectivity index is 3.40. The van der Waals surface area contributed by atoms with Crippen molar-refractivity contribution in [3.63, 3.8) is 0 Å². The van der Waals surface area contributed by atoms with E-state index < -0.39 is 17.2 Å². The number of rotatable bonds is 2. The molecule has 1 atom stereocenters. The Labute approximate surface area is 49.7 Å². The number of hydrogen-bond donors (Lipinski definition) is 2. The molecule has 0 aromatic rings. The van der Waals surface area contributed by atoms with Crippen LogP contribution in [0, 0.1) is 0 Å². The van der Waals surface area contributed by atoms with Crippen LogP contribution >= 0.6 is 0 Å². The molecule has 0 saturated carbocycles. The van der Waals surface area contributed by atoms with Gasteiger partial charge in [-0.2, -0.15) is 0 Å². The predicted molar refractivity (Wildman–Crippen MR) is 29.2 cm³/mol. The van der Waals surface area contributed by atoms with Gasteiger partial charge in [-0.1, -0.05) is 6.92 Å². The molecular formula is C3H7NO3S. The number of amides is 1. The van der Waals surface area contributed by atoms with Crippen LogP contribution in [0.1, 0.15) is 13.3 Å². The van der Waals surface area contributed by atoms with E-state index >= 15 is 0 Å². The molecule has 0 bridgehead atoms. The molecule has 0 aliphatic heterocycles. The molecule has 0 aliphatic carbocycles. The lowest BCUT2D eigenvalue weighted by Gasteiger charge is -1.92. The molecule has 0 heterocycles. The summed E-state index contributed by atoms with van der Waals surface area (Å²) >= 11 is -2.20. The lowest BCUT2D eigenvalue weighted by molar-refractivity contribution is -0.119. The molecule has 0 radical (unpaired) electrons. The molecule has 0 aromatic heterocycles. The Morgan fingerprint density at radius 3 is 2.50 bits per heavy atom. The van der Waals surface area contributed by atoms with Crippen molar-refractivity contribution in [1.29, 1.82) is 0 Å². The minimum Gasteiger partial charge on any atom is -0.289 e. The normalized spacial score (nSPS) is 12.8. The molecule has 1 amide bonds. The van der Waals surface area contributed by atoms with E-state index in [9.17, 15) is 9.00 Å². The van der Waals surface area contributed by atoms with Gasteiger partial charge in [-0.3, -0.25) is 14.1 Å². The molecule has 1 unspecified atom stereocenters. The smallest absolute Gasteiger partial charge is 0.261 e. The Morgan fingerprint density at radius 2 is 2.38 bits per heavy atom. The average Bonchev–Trinajstić information content (AvgIpc) is 1.65. The lowest BCUT2D eigenvalue weighted by atomic mass is 10.5. The molecule has 0 spiro atoms. The maximum absolute atomic E-state index is 10.2. The standard InChI is InChI=1S/C3H7NO3S/c1-2-3(5)4-8(6)7/h2H2,1H3,(H,4,5)(H,6,7). The van der Waals surface area contributed by atoms with E-state index in [0.717, 1.165) is 0 Å². The lowest BCUT2D eigenvalue weighted by Crippen LogP contribution is -2.23. The van der Waals surface area contributed by atoms with Crippen molar-refractivity contribution >= 4 is 17.2 Å². The van der Waals surface area contributed by atoms with E-state index in [1.807, 2.05) is 0 Å². The van der Waals surface area contributed by atoms with Gasteiger partial charge in [0.1, 0.15) is 0 Å². The van der Waals surface area contributed by atoms with E-state index in [4.69, 9.17) is 4.55 Å². The maximum atomic E-state index is 10.2. The SMILES string of the molecule is CCC(=O)NS(=O)O. The Kier molecular flexibility index (Phi) is 3.38. The van der Waals surface area contributed by atoms with Crippen LogP contribution < -0.4 is 4.72 Å². The Hall–Kier alpha value is -0.420. The molecule has 4 nitrogen and oxygen atoms in total. The highest BCUT2D eigenvalue weighted by molar-refractivity contribution is 7.77. The molecule has 0 fully saturated rings. The van der Waals surface area contributed by atoms with Crippen LogP contribution in [0.3, 0.4) is 0 Å². The largest absolute Gasteiger partial charge is 0.289 e. The molecule has 2 N–H and O–H groups in total. The maximum Gasteiger partial charge on any atom is 0.261 e. The molecular weight excluding hydrogens is 130 g/mol. The van der Waals surface area contributed by atoms with Crippen molar-refractivity contribution < 1.29 is 13.6 Å². The Bertz CT molecular complexity index is 113. The minimum absolute atomic E-state index is 0.228. The minimum atomic E-state index is -2.20. The summed E-state index contributed by atoms with van der Waals surface area (Å²) in [7, 11) is 0. The highest BCUT2D eigenvalue weighted by Gasteiger charge is 1.96. The van der Waals surface area contributed by atoms with Gasteiger partial charge in [-0.05, 0) is 0 Å². The third-order valence-electron chi connectivity index (χ3n) is 0.522. The first-order valence-corrected chi connectivity index (χ1v) is 3.17. The zero-order valence-electron chi connectivity index (χ0n) is 4.38. The van der Waals surface area contributed by atoms with E-state index in [2.05, 4.69) is 0 Å². The summed E-state index contributed by atoms with van der Waals surface area (Å²) in [5.74, 6) is -0.425. The summed E-state index contributed by atoms with van der Waals surface area (Å²) in [4.78, 5) is 10.2. The van der Waals surface area contributed by atoms with E-state index in [1.54, 1.807) is 11.6 Å². The third kappa shape index (κ3) is 3.76. The van der Waals surface area contributed by atoms with E-state index in [-0.39, 0.29) is 6.42 Å². The van der Waals surface area contributed by atoms with Gasteiger partial charge in [0.05, 0.1) is 0 Å². The molecule has 0 aliphatic rings. The molecule has 8 heavy (non-hydrogen) atoms. The van der Waals surface area contributed by atoms with Crippen molar-refractivity contribution in [1.82, 2.24) is 4.72 Å². The van der Waals surface area contributed by atoms with Crippen LogP contribution in [-0.4, -0.2) is 14.7 Å². The fourth-order valence-corrected chi connectivity index (χ4v) is 0.509. The summed E-state index contributed by atoms with van der Waals surface area (Å²) in [6.07, 6.45) is 0.228. The van der Waals surface area contributed by atoms with Gasteiger partial charge in [0.15, 0.2) is 0 Å². The van der Waals surface area contributed by atoms with Gasteiger partial charge < -0.3 is 0 Å². The topological polar surface area (TPSA) is 66.4 Å². The van der Waals surface area contributed by atoms with Crippen LogP contribution in [0.2, 0.25) is 0 Å². The molecule has 5 heteroatoms. The molecule has 0 aromatic carbocycles. The van der Waals surface area contributed by atoms with Crippen LogP contribution in [0.25, 0.3) is 0 Å². The van der Waals surface area contributed by atoms with Crippen molar-refractivity contribution in [3.8, 4) is 0 Å². The second-order valence-corrected chi connectivity index (χ2v) is 1.83. The van der Waals surface area contributed by atoms with Gasteiger partial charge in [-0.15, -0.1) is 0 Å². The summed E-state index contributed by atoms with van der Waals surface area (Å²) < 4.78 is 19.5. The van der Waals surface area contributed by atoms with Crippen molar-refractivity contribution in [2.24, 2.45) is 0 Å². The molecule has 0 rings (SSSR count). The van der Waals surface area contributed by atoms with Crippen LogP contribution in [0.5, 0.6) is 0 Å². The van der Waals surface area contributed by atoms with Crippen molar-refractivity contribution in [2.75, 3.05) is 0 Å². The average molecular weight is 137 g/mol. The first-order valence-electron chi connectivity index (χ1n) is 2.07. The van der Waals surface area contributed by atoms with Crippen molar-refractivity contribution in [3.05, 3.63) is 0 Å². The third-order valence-corrected chi connectivity index (χ3v) is 0.925. The second kappa shape index (κ2) is 3.57. The second-order valence-electron chi connectivity index (χ2n) is 1.13. The molecule has 0 saturated heterocycles. The number of carbonyl (C=O) groups excluding carboxylic acids is 1. The van der Waals surface area contributed by atoms with Gasteiger partial charge >= 0.3 is 0 Å². The van der Waals surface area contributed by atoms with E-state index in [0.29, 0.717) is 0 Å². The quantitative estimate of drug-likeness (QED) is 0.511. The van der Waals surface area contributed by atoms with Crippen LogP contribution in [0.15, 0.2) is 0 Å². The summed E-state index contributed by atoms with van der Waals surface area (Å²) in [6.45, 7) is 1.60. The van der Waals surface area contributed by atoms with E-state index in [1.165, 1.54) is 0 Å². The highest BCUT2D eigenvalue weighted by atomic mass is 32.2. The zero-order chi connectivity index (χ0) is 6.57. The summed E-state index contributed by atoms with van der Waals surface area (Å²) in [5, 5.41) is 0. The predicted octanol–water partition coefficient (Wildman–Crippen LogP) is -0.351. The summed E-state index contributed by atoms with van der Waals surface area (Å²) in [5.41, 5.74) is 0. The summed E-state index contributed by atoms with van der Waals surface area (Å²) in [6, 6.07) is 0. The first-order chi connectivity index (χ1) is 3.66. The molecule has 48 valence electrons. The number of nitrogens with one attached hydrogen (secondary N) is 1. The fourth-order valence-electron chi connectivity index (χ4n) is 0.170. The van der Waals surface area contributed by atoms with Crippen LogP contribution in [-0.2, 0) is 16.1 Å². The zero-order valence-corrected chi connectivity index (χ0v) is 5.20. The van der Waals surface area contributed by atoms with Gasteiger partial charge in [0, 0.05) is 6.42 Å². The highest BCUT2D eigenvalue weighted by Crippen LogP contribution is 1.73. The first kappa shape index (κ1) is 7.58. The fraction of sp³-hybridized carbons (Fsp3) is 0.667. The van der Waals surface area contributed by atoms with Crippen molar-refractivity contribution in [2.45, 2.75) is 13.3 Å². The van der Waals surface area contributed by atoms with Gasteiger partial charge in [0.25, 0.3) is 11.3 Å². The van der Waals surface area contributed by atoms with Gasteiger partial charge in [-0.25, -0.2) is 4.21 Å². The van der Waals surface area contributed by atoms with Crippen LogP contribution in [0.4, 0.5) is 0 Å². The monoisotopic (exact) mass is 137 g/mol. The number of carbonyl (C=O) groups is 1. The van der Waals surface area contributed by atoms with Gasteiger partial charge in [0.2, 0.25) is 5.91 Å². The Morgan fingerprint density at radius 1 is 1.88 bits per heavy atom. The number of hydrogen-bond acceptors (Lipinski definition) is 2.